The molecule has 26 heavy (non-hydrogen) atoms. The van der Waals surface area contributed by atoms with Crippen molar-refractivity contribution in [3.05, 3.63) is 69.4 Å². The molecule has 0 radical (unpaired) electrons. The van der Waals surface area contributed by atoms with Crippen LogP contribution in [0.2, 0.25) is 0 Å². The van der Waals surface area contributed by atoms with Gasteiger partial charge in [-0.15, -0.1) is 0 Å². The van der Waals surface area contributed by atoms with E-state index in [-0.39, 0.29) is 6.54 Å². The fourth-order valence-corrected chi connectivity index (χ4v) is 4.08. The fourth-order valence-electron chi connectivity index (χ4n) is 4.08. The van der Waals surface area contributed by atoms with E-state index in [2.05, 4.69) is 10.1 Å². The van der Waals surface area contributed by atoms with Gasteiger partial charge in [0, 0.05) is 55.7 Å². The molecule has 8 heteroatoms. The zero-order valence-corrected chi connectivity index (χ0v) is 13.8. The van der Waals surface area contributed by atoms with Gasteiger partial charge in [0.25, 0.3) is 0 Å². The molecule has 3 saturated carbocycles. The minimum absolute atomic E-state index is 0.124. The first-order valence-electron chi connectivity index (χ1n) is 8.36. The molecular weight excluding hydrogens is 339 g/mol. The zero-order valence-electron chi connectivity index (χ0n) is 13.8. The van der Waals surface area contributed by atoms with Crippen LogP contribution in [0.1, 0.15) is 25.0 Å². The highest BCUT2D eigenvalue weighted by molar-refractivity contribution is 5.55. The van der Waals surface area contributed by atoms with E-state index in [4.69, 9.17) is 4.52 Å². The largest absolute Gasteiger partial charge is 0.356 e. The van der Waals surface area contributed by atoms with Crippen molar-refractivity contribution < 1.29 is 8.91 Å². The van der Waals surface area contributed by atoms with Gasteiger partial charge in [-0.1, -0.05) is 5.16 Å². The van der Waals surface area contributed by atoms with E-state index in [9.17, 15) is 14.0 Å². The zero-order chi connectivity index (χ0) is 17.9. The topological polar surface area (TPSA) is 82.9 Å². The molecule has 0 aliphatic heterocycles. The van der Waals surface area contributed by atoms with Crippen molar-refractivity contribution in [1.82, 2.24) is 19.3 Å². The Kier molecular flexibility index (Phi) is 2.93. The van der Waals surface area contributed by atoms with E-state index < -0.39 is 22.3 Å². The van der Waals surface area contributed by atoms with Crippen molar-refractivity contribution in [2.45, 2.75) is 37.0 Å². The molecule has 0 amide bonds. The Labute approximate surface area is 146 Å². The third-order valence-electron chi connectivity index (χ3n) is 5.34. The number of nitrogens with zero attached hydrogens (tertiary/aromatic N) is 4. The molecule has 0 unspecified atom stereocenters. The molecule has 3 aliphatic rings. The Morgan fingerprint density at radius 2 is 2.00 bits per heavy atom. The summed E-state index contributed by atoms with van der Waals surface area (Å²) in [5, 5.41) is 3.95. The lowest BCUT2D eigenvalue weighted by atomic mass is 9.47. The fraction of sp³-hybridized carbons (Fsp3) is 0.333. The quantitative estimate of drug-likeness (QED) is 0.666. The summed E-state index contributed by atoms with van der Waals surface area (Å²) in [6, 6.07) is 5.34. The average Bonchev–Trinajstić information content (AvgIpc) is 3.05. The summed E-state index contributed by atoms with van der Waals surface area (Å²) in [7, 11) is 0. The number of hydrogen-bond acceptors (Lipinski definition) is 5. The van der Waals surface area contributed by atoms with Crippen LogP contribution in [0.5, 0.6) is 0 Å². The molecule has 3 aliphatic carbocycles. The second kappa shape index (κ2) is 5.00. The summed E-state index contributed by atoms with van der Waals surface area (Å²) in [6.45, 7) is 0.124. The standard InChI is InChI=1S/C18H15FN4O3/c19-17-9-18(10-17,11-17)23-5-4-22(15(24)16(23)25)8-13-6-14(26-21-13)12-2-1-3-20-7-12/h1-7H,8-11H2. The molecule has 3 aromatic heterocycles. The molecule has 0 N–H and O–H groups in total. The van der Waals surface area contributed by atoms with Gasteiger partial charge in [-0.05, 0) is 12.1 Å². The number of halogens is 1. The van der Waals surface area contributed by atoms with Gasteiger partial charge >= 0.3 is 11.1 Å². The molecule has 6 rings (SSSR count). The highest BCUT2D eigenvalue weighted by atomic mass is 19.1. The van der Waals surface area contributed by atoms with Gasteiger partial charge in [0.2, 0.25) is 0 Å². The van der Waals surface area contributed by atoms with E-state index in [1.807, 2.05) is 6.07 Å². The third-order valence-corrected chi connectivity index (χ3v) is 5.34. The monoisotopic (exact) mass is 354 g/mol. The van der Waals surface area contributed by atoms with Crippen molar-refractivity contribution in [3.8, 4) is 11.3 Å². The molecule has 2 bridgehead atoms. The number of pyridine rings is 1. The molecule has 0 atom stereocenters. The first-order valence-corrected chi connectivity index (χ1v) is 8.36. The summed E-state index contributed by atoms with van der Waals surface area (Å²) in [5.74, 6) is 0.539. The van der Waals surface area contributed by atoms with Crippen LogP contribution in [0.25, 0.3) is 11.3 Å². The summed E-state index contributed by atoms with van der Waals surface area (Å²) < 4.78 is 21.7. The molecule has 7 nitrogen and oxygen atoms in total. The Morgan fingerprint density at radius 3 is 2.69 bits per heavy atom. The normalized spacial score (nSPS) is 26.2. The minimum atomic E-state index is -1.13. The van der Waals surface area contributed by atoms with E-state index in [0.717, 1.165) is 5.56 Å². The molecule has 0 aromatic carbocycles. The lowest BCUT2D eigenvalue weighted by Gasteiger charge is -2.65. The highest BCUT2D eigenvalue weighted by Crippen LogP contribution is 2.66. The van der Waals surface area contributed by atoms with Crippen LogP contribution in [0, 0.1) is 0 Å². The van der Waals surface area contributed by atoms with E-state index >= 15 is 0 Å². The predicted octanol–water partition coefficient (Wildman–Crippen LogP) is 1.71. The summed E-state index contributed by atoms with van der Waals surface area (Å²) in [4.78, 5) is 28.9. The first-order chi connectivity index (χ1) is 12.5. The minimum Gasteiger partial charge on any atom is -0.356 e. The predicted molar refractivity (Wildman–Crippen MR) is 89.5 cm³/mol. The van der Waals surface area contributed by atoms with Gasteiger partial charge in [-0.3, -0.25) is 14.6 Å². The van der Waals surface area contributed by atoms with Crippen LogP contribution < -0.4 is 11.1 Å². The summed E-state index contributed by atoms with van der Waals surface area (Å²) in [5.41, 5.74) is -1.58. The van der Waals surface area contributed by atoms with Crippen LogP contribution in [0.15, 0.2) is 57.1 Å². The Bertz CT molecular complexity index is 1100. The molecule has 132 valence electrons. The average molecular weight is 354 g/mol. The number of rotatable bonds is 4. The van der Waals surface area contributed by atoms with Crippen LogP contribution in [-0.4, -0.2) is 24.9 Å². The van der Waals surface area contributed by atoms with Crippen LogP contribution >= 0.6 is 0 Å². The number of alkyl halides is 1. The Morgan fingerprint density at radius 1 is 1.19 bits per heavy atom. The second-order valence-corrected chi connectivity index (χ2v) is 7.24. The van der Waals surface area contributed by atoms with Gasteiger partial charge in [0.05, 0.1) is 12.1 Å². The van der Waals surface area contributed by atoms with Crippen LogP contribution in [-0.2, 0) is 12.1 Å². The summed E-state index contributed by atoms with van der Waals surface area (Å²) in [6.07, 6.45) is 7.40. The molecule has 3 heterocycles. The lowest BCUT2D eigenvalue weighted by molar-refractivity contribution is -0.199. The maximum atomic E-state index is 13.7. The van der Waals surface area contributed by atoms with Crippen molar-refractivity contribution >= 4 is 0 Å². The van der Waals surface area contributed by atoms with Gasteiger partial charge < -0.3 is 13.7 Å². The maximum Gasteiger partial charge on any atom is 0.316 e. The summed E-state index contributed by atoms with van der Waals surface area (Å²) >= 11 is 0. The van der Waals surface area contributed by atoms with Crippen LogP contribution in [0.3, 0.4) is 0 Å². The lowest BCUT2D eigenvalue weighted by Crippen LogP contribution is -2.72. The van der Waals surface area contributed by atoms with Crippen molar-refractivity contribution in [2.24, 2.45) is 0 Å². The molecule has 3 fully saturated rings. The molecule has 0 saturated heterocycles. The first kappa shape index (κ1) is 15.2. The number of aromatic nitrogens is 4. The van der Waals surface area contributed by atoms with Gasteiger partial charge in [0.1, 0.15) is 11.4 Å². The SMILES string of the molecule is O=c1c(=O)n(C23CC(F)(C2)C3)ccn1Cc1cc(-c2cccnc2)on1. The van der Waals surface area contributed by atoms with Crippen LogP contribution in [0.4, 0.5) is 4.39 Å². The van der Waals surface area contributed by atoms with Crippen molar-refractivity contribution in [3.63, 3.8) is 0 Å². The number of hydrogen-bond donors (Lipinski definition) is 0. The second-order valence-electron chi connectivity index (χ2n) is 7.24. The maximum absolute atomic E-state index is 13.7. The molecule has 3 aromatic rings. The van der Waals surface area contributed by atoms with Crippen molar-refractivity contribution in [1.29, 1.82) is 0 Å². The molecule has 0 spiro atoms. The van der Waals surface area contributed by atoms with Gasteiger partial charge in [0.15, 0.2) is 5.76 Å². The Balaban J connectivity index is 1.42. The van der Waals surface area contributed by atoms with Crippen molar-refractivity contribution in [2.75, 3.05) is 0 Å². The van der Waals surface area contributed by atoms with E-state index in [1.165, 1.54) is 9.13 Å². The smallest absolute Gasteiger partial charge is 0.316 e. The third kappa shape index (κ3) is 2.11. The molecular formula is C18H15FN4O3. The van der Waals surface area contributed by atoms with Gasteiger partial charge in [-0.25, -0.2) is 4.39 Å². The van der Waals surface area contributed by atoms with E-state index in [0.29, 0.717) is 30.7 Å². The van der Waals surface area contributed by atoms with Gasteiger partial charge in [-0.2, -0.15) is 0 Å². The highest BCUT2D eigenvalue weighted by Gasteiger charge is 2.70. The Hall–Kier alpha value is -3.03. The van der Waals surface area contributed by atoms with E-state index in [1.54, 1.807) is 36.9 Å².